The summed E-state index contributed by atoms with van der Waals surface area (Å²) in [5.74, 6) is 0.845. The van der Waals surface area contributed by atoms with Crippen molar-refractivity contribution in [3.63, 3.8) is 0 Å². The van der Waals surface area contributed by atoms with E-state index in [9.17, 15) is 10.1 Å². The van der Waals surface area contributed by atoms with Crippen molar-refractivity contribution < 1.29 is 9.66 Å². The number of benzene rings is 1. The molecule has 3 N–H and O–H groups in total. The number of nitrogens with one attached hydrogen (secondary N) is 1. The molecule has 2 rings (SSSR count). The Kier molecular flexibility index (Phi) is 3.69. The van der Waals surface area contributed by atoms with Gasteiger partial charge in [0.25, 0.3) is 0 Å². The average Bonchev–Trinajstić information content (AvgIpc) is 2.38. The van der Waals surface area contributed by atoms with Gasteiger partial charge in [-0.1, -0.05) is 6.07 Å². The van der Waals surface area contributed by atoms with Crippen molar-refractivity contribution in [2.75, 3.05) is 18.2 Å². The zero-order valence-corrected chi connectivity index (χ0v) is 11.1. The number of nitro groups is 1. The fraction of sp³-hybridized carbons (Fsp3) is 0.154. The Hall–Kier alpha value is -2.83. The predicted octanol–water partition coefficient (Wildman–Crippen LogP) is 2.63. The number of aromatic nitrogens is 1. The minimum Gasteiger partial charge on any atom is -0.495 e. The van der Waals surface area contributed by atoms with Crippen molar-refractivity contribution in [2.45, 2.75) is 6.92 Å². The molecule has 0 aliphatic heterocycles. The van der Waals surface area contributed by atoms with E-state index in [1.807, 2.05) is 19.1 Å². The van der Waals surface area contributed by atoms with Crippen molar-refractivity contribution in [2.24, 2.45) is 0 Å². The highest BCUT2D eigenvalue weighted by Crippen LogP contribution is 2.32. The molecule has 20 heavy (non-hydrogen) atoms. The number of ether oxygens (including phenoxy) is 1. The van der Waals surface area contributed by atoms with Crippen LogP contribution in [0.3, 0.4) is 0 Å². The van der Waals surface area contributed by atoms with E-state index < -0.39 is 4.92 Å². The third-order valence-electron chi connectivity index (χ3n) is 2.70. The maximum atomic E-state index is 11.0. The summed E-state index contributed by atoms with van der Waals surface area (Å²) in [6, 6.07) is 8.16. The highest BCUT2D eigenvalue weighted by atomic mass is 16.6. The summed E-state index contributed by atoms with van der Waals surface area (Å²) in [5.41, 5.74) is 7.00. The topological polar surface area (TPSA) is 103 Å². The maximum absolute atomic E-state index is 11.0. The lowest BCUT2D eigenvalue weighted by molar-refractivity contribution is -0.384. The highest BCUT2D eigenvalue weighted by molar-refractivity contribution is 5.71. The van der Waals surface area contributed by atoms with E-state index in [-0.39, 0.29) is 17.3 Å². The van der Waals surface area contributed by atoms with Gasteiger partial charge in [-0.25, -0.2) is 4.98 Å². The minimum atomic E-state index is -0.517. The normalized spacial score (nSPS) is 10.1. The highest BCUT2D eigenvalue weighted by Gasteiger charge is 2.17. The van der Waals surface area contributed by atoms with E-state index >= 15 is 0 Å². The Morgan fingerprint density at radius 2 is 2.10 bits per heavy atom. The van der Waals surface area contributed by atoms with Crippen molar-refractivity contribution >= 4 is 23.0 Å². The maximum Gasteiger partial charge on any atom is 0.311 e. The molecule has 7 nitrogen and oxygen atoms in total. The summed E-state index contributed by atoms with van der Waals surface area (Å²) in [6.07, 6.45) is 0. The van der Waals surface area contributed by atoms with Gasteiger partial charge in [-0.15, -0.1) is 0 Å². The fourth-order valence-corrected chi connectivity index (χ4v) is 1.75. The Labute approximate surface area is 115 Å². The number of nitrogens with two attached hydrogens (primary N) is 1. The number of hydrogen-bond acceptors (Lipinski definition) is 6. The second-order valence-electron chi connectivity index (χ2n) is 4.19. The lowest BCUT2D eigenvalue weighted by Crippen LogP contribution is -2.03. The van der Waals surface area contributed by atoms with Crippen molar-refractivity contribution in [1.29, 1.82) is 0 Å². The monoisotopic (exact) mass is 274 g/mol. The third-order valence-corrected chi connectivity index (χ3v) is 2.70. The number of rotatable bonds is 4. The molecular weight excluding hydrogens is 260 g/mol. The molecule has 1 aromatic carbocycles. The van der Waals surface area contributed by atoms with Gasteiger partial charge in [-0.2, -0.15) is 0 Å². The van der Waals surface area contributed by atoms with Crippen LogP contribution in [0, 0.1) is 17.0 Å². The number of nitrogen functional groups attached to an aromatic ring is 1. The van der Waals surface area contributed by atoms with E-state index in [0.717, 1.165) is 5.56 Å². The van der Waals surface area contributed by atoms with Gasteiger partial charge < -0.3 is 15.8 Å². The largest absolute Gasteiger partial charge is 0.495 e. The van der Waals surface area contributed by atoms with Crippen LogP contribution >= 0.6 is 0 Å². The molecule has 0 unspecified atom stereocenters. The number of aryl methyl sites for hydroxylation is 1. The Bertz CT molecular complexity index is 658. The quantitative estimate of drug-likeness (QED) is 0.656. The van der Waals surface area contributed by atoms with Crippen LogP contribution in [0.1, 0.15) is 5.56 Å². The summed E-state index contributed by atoms with van der Waals surface area (Å²) < 4.78 is 5.21. The molecule has 1 aromatic heterocycles. The number of anilines is 3. The van der Waals surface area contributed by atoms with Gasteiger partial charge in [-0.3, -0.25) is 10.1 Å². The first-order valence-electron chi connectivity index (χ1n) is 5.84. The standard InChI is InChI=1S/C13H14N4O3/c1-8-3-5-11(20-2)9(7-8)15-13-10(17(18)19)4-6-12(14)16-13/h3-7H,1-2H3,(H3,14,15,16). The van der Waals surface area contributed by atoms with Gasteiger partial charge in [0.15, 0.2) is 0 Å². The zero-order chi connectivity index (χ0) is 14.7. The van der Waals surface area contributed by atoms with E-state index in [4.69, 9.17) is 10.5 Å². The summed E-state index contributed by atoms with van der Waals surface area (Å²) in [4.78, 5) is 14.4. The molecule has 0 saturated heterocycles. The van der Waals surface area contributed by atoms with Crippen LogP contribution in [0.5, 0.6) is 5.75 Å². The molecule has 7 heteroatoms. The van der Waals surface area contributed by atoms with Crippen LogP contribution in [0.2, 0.25) is 0 Å². The van der Waals surface area contributed by atoms with Crippen LogP contribution in [0.4, 0.5) is 23.0 Å². The van der Waals surface area contributed by atoms with Crippen molar-refractivity contribution in [3.8, 4) is 5.75 Å². The van der Waals surface area contributed by atoms with Gasteiger partial charge in [0, 0.05) is 6.07 Å². The second-order valence-corrected chi connectivity index (χ2v) is 4.19. The van der Waals surface area contributed by atoms with E-state index in [0.29, 0.717) is 11.4 Å². The molecule has 1 heterocycles. The summed E-state index contributed by atoms with van der Waals surface area (Å²) in [6.45, 7) is 1.91. The molecule has 0 atom stereocenters. The van der Waals surface area contributed by atoms with Gasteiger partial charge in [-0.05, 0) is 30.7 Å². The molecule has 104 valence electrons. The van der Waals surface area contributed by atoms with Crippen LogP contribution < -0.4 is 15.8 Å². The van der Waals surface area contributed by atoms with Crippen molar-refractivity contribution in [3.05, 3.63) is 46.0 Å². The number of nitrogens with zero attached hydrogens (tertiary/aromatic N) is 2. The molecular formula is C13H14N4O3. The van der Waals surface area contributed by atoms with Crippen LogP contribution in [0.25, 0.3) is 0 Å². The summed E-state index contributed by atoms with van der Waals surface area (Å²) >= 11 is 0. The van der Waals surface area contributed by atoms with E-state index in [1.54, 1.807) is 6.07 Å². The molecule has 0 amide bonds. The van der Waals surface area contributed by atoms with E-state index in [2.05, 4.69) is 10.3 Å². The molecule has 2 aromatic rings. The smallest absolute Gasteiger partial charge is 0.311 e. The second kappa shape index (κ2) is 5.43. The third kappa shape index (κ3) is 2.77. The van der Waals surface area contributed by atoms with Crippen LogP contribution in [0.15, 0.2) is 30.3 Å². The molecule has 0 aliphatic carbocycles. The van der Waals surface area contributed by atoms with Crippen LogP contribution in [-0.4, -0.2) is 17.0 Å². The first kappa shape index (κ1) is 13.6. The average molecular weight is 274 g/mol. The van der Waals surface area contributed by atoms with Crippen LogP contribution in [-0.2, 0) is 0 Å². The number of pyridine rings is 1. The van der Waals surface area contributed by atoms with Gasteiger partial charge in [0.05, 0.1) is 17.7 Å². The predicted molar refractivity (Wildman–Crippen MR) is 76.3 cm³/mol. The Morgan fingerprint density at radius 3 is 2.75 bits per heavy atom. The van der Waals surface area contributed by atoms with Gasteiger partial charge >= 0.3 is 5.69 Å². The molecule has 0 fully saturated rings. The number of hydrogen-bond donors (Lipinski definition) is 2. The minimum absolute atomic E-state index is 0.0823. The fourth-order valence-electron chi connectivity index (χ4n) is 1.75. The molecule has 0 spiro atoms. The SMILES string of the molecule is COc1ccc(C)cc1Nc1nc(N)ccc1[N+](=O)[O-]. The first-order valence-corrected chi connectivity index (χ1v) is 5.84. The Morgan fingerprint density at radius 1 is 1.35 bits per heavy atom. The zero-order valence-electron chi connectivity index (χ0n) is 11.1. The van der Waals surface area contributed by atoms with Crippen molar-refractivity contribution in [1.82, 2.24) is 4.98 Å². The van der Waals surface area contributed by atoms with Gasteiger partial charge in [0.1, 0.15) is 11.6 Å². The summed E-state index contributed by atoms with van der Waals surface area (Å²) in [7, 11) is 1.52. The lowest BCUT2D eigenvalue weighted by Gasteiger charge is -2.11. The first-order chi connectivity index (χ1) is 9.51. The molecule has 0 aliphatic rings. The van der Waals surface area contributed by atoms with E-state index in [1.165, 1.54) is 19.2 Å². The number of methoxy groups -OCH3 is 1. The lowest BCUT2D eigenvalue weighted by atomic mass is 10.2. The molecule has 0 saturated carbocycles. The molecule has 0 bridgehead atoms. The summed E-state index contributed by atoms with van der Waals surface area (Å²) in [5, 5.41) is 13.9. The Balaban J connectivity index is 2.46. The van der Waals surface area contributed by atoms with Gasteiger partial charge in [0.2, 0.25) is 5.82 Å². The molecule has 0 radical (unpaired) electrons.